The fourth-order valence-corrected chi connectivity index (χ4v) is 4.14. The molecule has 4 rings (SSSR count). The minimum Gasteiger partial charge on any atom is -0.462 e. The Morgan fingerprint density at radius 2 is 1.77 bits per heavy atom. The van der Waals surface area contributed by atoms with Gasteiger partial charge in [-0.3, -0.25) is 4.68 Å². The van der Waals surface area contributed by atoms with Crippen LogP contribution in [-0.4, -0.2) is 45.0 Å². The Hall–Kier alpha value is -3.61. The van der Waals surface area contributed by atoms with Crippen LogP contribution in [0.3, 0.4) is 0 Å². The first kappa shape index (κ1) is 24.5. The highest BCUT2D eigenvalue weighted by molar-refractivity contribution is 5.89. The van der Waals surface area contributed by atoms with Gasteiger partial charge in [-0.1, -0.05) is 42.5 Å². The van der Waals surface area contributed by atoms with Gasteiger partial charge in [-0.05, 0) is 57.4 Å². The molecule has 35 heavy (non-hydrogen) atoms. The average molecular weight is 476 g/mol. The molecule has 1 fully saturated rings. The minimum absolute atomic E-state index is 0.103. The lowest BCUT2D eigenvalue weighted by molar-refractivity contribution is 0.0212. The largest absolute Gasteiger partial charge is 0.462 e. The lowest BCUT2D eigenvalue weighted by Crippen LogP contribution is -2.38. The fraction of sp³-hybridized carbons (Fsp3) is 0.393. The first-order chi connectivity index (χ1) is 16.7. The Morgan fingerprint density at radius 3 is 2.43 bits per heavy atom. The summed E-state index contributed by atoms with van der Waals surface area (Å²) >= 11 is 0. The van der Waals surface area contributed by atoms with Gasteiger partial charge in [-0.25, -0.2) is 9.59 Å². The van der Waals surface area contributed by atoms with Crippen LogP contribution in [0.1, 0.15) is 67.1 Å². The summed E-state index contributed by atoms with van der Waals surface area (Å²) in [6.45, 7) is 8.79. The Labute approximate surface area is 206 Å². The van der Waals surface area contributed by atoms with Crippen LogP contribution in [-0.2, 0) is 22.6 Å². The van der Waals surface area contributed by atoms with Crippen molar-refractivity contribution in [2.24, 2.45) is 0 Å². The normalized spacial score (nSPS) is 17.0. The monoisotopic (exact) mass is 475 g/mol. The van der Waals surface area contributed by atoms with Crippen molar-refractivity contribution in [1.29, 1.82) is 0 Å². The third-order valence-electron chi connectivity index (χ3n) is 5.86. The number of esters is 1. The third-order valence-corrected chi connectivity index (χ3v) is 5.86. The maximum atomic E-state index is 13.1. The van der Waals surface area contributed by atoms with Crippen LogP contribution in [0.25, 0.3) is 0 Å². The molecule has 184 valence electrons. The molecule has 1 saturated carbocycles. The summed E-state index contributed by atoms with van der Waals surface area (Å²) in [6.07, 6.45) is 4.37. The second kappa shape index (κ2) is 10.3. The molecule has 7 nitrogen and oxygen atoms in total. The fourth-order valence-electron chi connectivity index (χ4n) is 4.14. The van der Waals surface area contributed by atoms with E-state index in [0.717, 1.165) is 17.5 Å². The molecule has 3 aromatic rings. The number of aromatic nitrogens is 2. The summed E-state index contributed by atoms with van der Waals surface area (Å²) in [5.41, 5.74) is 3.17. The Bertz CT molecular complexity index is 1150. The second-order valence-corrected chi connectivity index (χ2v) is 9.89. The molecule has 1 aromatic heterocycles. The van der Waals surface area contributed by atoms with Gasteiger partial charge in [0, 0.05) is 23.7 Å². The molecule has 0 spiro atoms. The molecular formula is C28H33N3O4. The number of benzene rings is 2. The molecule has 0 N–H and O–H groups in total. The summed E-state index contributed by atoms with van der Waals surface area (Å²) in [5.74, 6) is -0.00628. The van der Waals surface area contributed by atoms with Crippen LogP contribution < -0.4 is 0 Å². The minimum atomic E-state index is -0.563. The molecule has 0 bridgehead atoms. The standard InChI is InChI=1S/C28H33N3O4/c1-5-34-26(32)23-13-11-20(12-14-23)17-30-18-21(16-29-30)19-31(27(33)35-28(2,3)4)25-15-24(25)22-9-7-6-8-10-22/h6-14,16,18,24-25H,5,15,17,19H2,1-4H3. The van der Waals surface area contributed by atoms with Crippen molar-refractivity contribution in [2.45, 2.75) is 64.8 Å². The Balaban J connectivity index is 1.44. The first-order valence-electron chi connectivity index (χ1n) is 12.1. The van der Waals surface area contributed by atoms with E-state index < -0.39 is 5.60 Å². The van der Waals surface area contributed by atoms with Gasteiger partial charge in [0.05, 0.1) is 31.5 Å². The maximum absolute atomic E-state index is 13.1. The molecule has 1 aliphatic rings. The average Bonchev–Trinajstić information content (AvgIpc) is 3.49. The van der Waals surface area contributed by atoms with Gasteiger partial charge >= 0.3 is 12.1 Å². The Morgan fingerprint density at radius 1 is 1.06 bits per heavy atom. The molecule has 2 atom stereocenters. The predicted molar refractivity (Wildman–Crippen MR) is 133 cm³/mol. The van der Waals surface area contributed by atoms with Crippen LogP contribution in [0.4, 0.5) is 4.79 Å². The van der Waals surface area contributed by atoms with Gasteiger partial charge in [0.2, 0.25) is 0 Å². The number of carbonyl (C=O) groups is 2. The zero-order valence-electron chi connectivity index (χ0n) is 20.8. The van der Waals surface area contributed by atoms with Crippen LogP contribution in [0, 0.1) is 0 Å². The number of hydrogen-bond acceptors (Lipinski definition) is 5. The summed E-state index contributed by atoms with van der Waals surface area (Å²) in [4.78, 5) is 26.8. The van der Waals surface area contributed by atoms with E-state index in [2.05, 4.69) is 17.2 Å². The van der Waals surface area contributed by atoms with Gasteiger partial charge in [0.25, 0.3) is 0 Å². The van der Waals surface area contributed by atoms with E-state index in [1.54, 1.807) is 25.3 Å². The highest BCUT2D eigenvalue weighted by Crippen LogP contribution is 2.45. The predicted octanol–water partition coefficient (Wildman–Crippen LogP) is 5.40. The van der Waals surface area contributed by atoms with Crippen molar-refractivity contribution in [3.8, 4) is 0 Å². The smallest absolute Gasteiger partial charge is 0.410 e. The zero-order chi connectivity index (χ0) is 25.0. The molecule has 1 aliphatic carbocycles. The number of carbonyl (C=O) groups excluding carboxylic acids is 2. The quantitative estimate of drug-likeness (QED) is 0.408. The van der Waals surface area contributed by atoms with E-state index in [4.69, 9.17) is 9.47 Å². The van der Waals surface area contributed by atoms with E-state index in [1.807, 2.05) is 66.9 Å². The summed E-state index contributed by atoms with van der Waals surface area (Å²) in [6, 6.07) is 17.7. The zero-order valence-corrected chi connectivity index (χ0v) is 20.8. The highest BCUT2D eigenvalue weighted by atomic mass is 16.6. The molecule has 2 aromatic carbocycles. The topological polar surface area (TPSA) is 73.7 Å². The van der Waals surface area contributed by atoms with Crippen molar-refractivity contribution >= 4 is 12.1 Å². The highest BCUT2D eigenvalue weighted by Gasteiger charge is 2.46. The number of rotatable bonds is 8. The van der Waals surface area contributed by atoms with E-state index in [9.17, 15) is 9.59 Å². The van der Waals surface area contributed by atoms with Crippen molar-refractivity contribution in [3.05, 3.63) is 89.2 Å². The molecule has 7 heteroatoms. The number of amides is 1. The molecule has 0 aliphatic heterocycles. The summed E-state index contributed by atoms with van der Waals surface area (Å²) < 4.78 is 12.6. The van der Waals surface area contributed by atoms with Crippen molar-refractivity contribution in [1.82, 2.24) is 14.7 Å². The lowest BCUT2D eigenvalue weighted by Gasteiger charge is -2.27. The van der Waals surface area contributed by atoms with Gasteiger partial charge in [0.1, 0.15) is 5.60 Å². The van der Waals surface area contributed by atoms with Crippen LogP contribution in [0.15, 0.2) is 67.0 Å². The van der Waals surface area contributed by atoms with Gasteiger partial charge in [-0.2, -0.15) is 5.10 Å². The van der Waals surface area contributed by atoms with E-state index >= 15 is 0 Å². The van der Waals surface area contributed by atoms with Crippen LogP contribution >= 0.6 is 0 Å². The van der Waals surface area contributed by atoms with E-state index in [0.29, 0.717) is 31.2 Å². The first-order valence-corrected chi connectivity index (χ1v) is 12.1. The van der Waals surface area contributed by atoms with Crippen molar-refractivity contribution in [3.63, 3.8) is 0 Å². The van der Waals surface area contributed by atoms with E-state index in [-0.39, 0.29) is 18.1 Å². The van der Waals surface area contributed by atoms with Crippen LogP contribution in [0.5, 0.6) is 0 Å². The third kappa shape index (κ3) is 6.50. The number of ether oxygens (including phenoxy) is 2. The van der Waals surface area contributed by atoms with E-state index in [1.165, 1.54) is 5.56 Å². The molecule has 2 unspecified atom stereocenters. The summed E-state index contributed by atoms with van der Waals surface area (Å²) in [5, 5.41) is 4.49. The van der Waals surface area contributed by atoms with Gasteiger partial charge in [0.15, 0.2) is 0 Å². The molecule has 1 heterocycles. The maximum Gasteiger partial charge on any atom is 0.410 e. The van der Waals surface area contributed by atoms with Crippen molar-refractivity contribution < 1.29 is 19.1 Å². The molecule has 0 saturated heterocycles. The van der Waals surface area contributed by atoms with Gasteiger partial charge in [-0.15, -0.1) is 0 Å². The molecular weight excluding hydrogens is 442 g/mol. The number of hydrogen-bond donors (Lipinski definition) is 0. The molecule has 0 radical (unpaired) electrons. The second-order valence-electron chi connectivity index (χ2n) is 9.89. The Kier molecular flexibility index (Phi) is 7.24. The summed E-state index contributed by atoms with van der Waals surface area (Å²) in [7, 11) is 0. The number of nitrogens with zero attached hydrogens (tertiary/aromatic N) is 3. The van der Waals surface area contributed by atoms with Gasteiger partial charge < -0.3 is 14.4 Å². The molecule has 1 amide bonds. The van der Waals surface area contributed by atoms with Crippen LogP contribution in [0.2, 0.25) is 0 Å². The lowest BCUT2D eigenvalue weighted by atomic mass is 10.1. The SMILES string of the molecule is CCOC(=O)c1ccc(Cn2cc(CN(C(=O)OC(C)(C)C)C3CC3c3ccccc3)cn2)cc1. The van der Waals surface area contributed by atoms with Crippen molar-refractivity contribution in [2.75, 3.05) is 6.61 Å².